The Hall–Kier alpha value is -2.56. The summed E-state index contributed by atoms with van der Waals surface area (Å²) in [6.07, 6.45) is 11.9. The minimum Gasteiger partial charge on any atom is -0.462 e. The van der Waals surface area contributed by atoms with Gasteiger partial charge in [-0.2, -0.15) is 0 Å². The van der Waals surface area contributed by atoms with E-state index in [9.17, 15) is 10.0 Å². The van der Waals surface area contributed by atoms with Gasteiger partial charge in [-0.05, 0) is 91.0 Å². The van der Waals surface area contributed by atoms with Crippen molar-refractivity contribution in [2.24, 2.45) is 33.7 Å². The fraction of sp³-hybridized carbons (Fsp3) is 0.600. The molecule has 0 bridgehead atoms. The average Bonchev–Trinajstić information content (AvgIpc) is 3.10. The summed E-state index contributed by atoms with van der Waals surface area (Å²) >= 11 is 0. The second kappa shape index (κ2) is 8.83. The number of allylic oxidation sites excluding steroid dienone is 2. The van der Waals surface area contributed by atoms with Gasteiger partial charge >= 0.3 is 5.97 Å². The molecule has 3 fully saturated rings. The molecule has 4 aliphatic rings. The quantitative estimate of drug-likeness (QED) is 0.235. The van der Waals surface area contributed by atoms with Crippen molar-refractivity contribution < 1.29 is 14.7 Å². The molecule has 188 valence electrons. The summed E-state index contributed by atoms with van der Waals surface area (Å²) in [6.45, 7) is 6.31. The standard InChI is InChI=1S/C30H40N2O3/c1-19(33)35-24-12-14-29(2)22(18-24)8-11-25-26(29)13-15-30(3)27(25)17-21(28(30)31-34)16-20-6-9-23(10-7-20)32(4)5/h6-10,16,24-27,34H,11-15,17-18H2,1-5H3/b21-16+,31-28+/t24-,25+,26-,27-,29-,30-/m0/s1. The summed E-state index contributed by atoms with van der Waals surface area (Å²) in [5, 5.41) is 14.1. The zero-order valence-corrected chi connectivity index (χ0v) is 21.9. The number of carbonyl (C=O) groups is 1. The molecule has 5 heteroatoms. The first-order valence-electron chi connectivity index (χ1n) is 13.2. The van der Waals surface area contributed by atoms with Gasteiger partial charge in [0.2, 0.25) is 0 Å². The second-order valence-electron chi connectivity index (χ2n) is 12.0. The van der Waals surface area contributed by atoms with Crippen LogP contribution in [0.3, 0.4) is 0 Å². The molecule has 0 unspecified atom stereocenters. The zero-order chi connectivity index (χ0) is 25.0. The zero-order valence-electron chi connectivity index (χ0n) is 21.9. The monoisotopic (exact) mass is 476 g/mol. The molecule has 1 aromatic carbocycles. The number of nitrogens with zero attached hydrogens (tertiary/aromatic N) is 2. The van der Waals surface area contributed by atoms with E-state index in [1.54, 1.807) is 0 Å². The maximum atomic E-state index is 11.5. The number of hydrogen-bond acceptors (Lipinski definition) is 5. The SMILES string of the molecule is CC(=O)O[C@H]1CC[C@@]2(C)C(=CC[C@@H]3[C@@H]2CC[C@]2(C)C(=N/O)/C(=C/c4ccc(N(C)C)cc4)C[C@@H]32)C1. The molecule has 1 N–H and O–H groups in total. The predicted octanol–water partition coefficient (Wildman–Crippen LogP) is 6.47. The number of oxime groups is 1. The van der Waals surface area contributed by atoms with E-state index in [4.69, 9.17) is 4.74 Å². The Labute approximate surface area is 209 Å². The van der Waals surface area contributed by atoms with Gasteiger partial charge in [-0.25, -0.2) is 0 Å². The lowest BCUT2D eigenvalue weighted by Gasteiger charge is -2.57. The number of benzene rings is 1. The summed E-state index contributed by atoms with van der Waals surface area (Å²) in [4.78, 5) is 13.6. The first kappa shape index (κ1) is 24.1. The van der Waals surface area contributed by atoms with Crippen LogP contribution in [0.1, 0.15) is 71.3 Å². The molecule has 3 saturated carbocycles. The second-order valence-corrected chi connectivity index (χ2v) is 12.0. The number of fused-ring (bicyclic) bond motifs is 5. The highest BCUT2D eigenvalue weighted by Gasteiger charge is 2.59. The van der Waals surface area contributed by atoms with Crippen LogP contribution >= 0.6 is 0 Å². The van der Waals surface area contributed by atoms with E-state index in [1.807, 2.05) is 0 Å². The van der Waals surface area contributed by atoms with Crippen LogP contribution in [0, 0.1) is 28.6 Å². The van der Waals surface area contributed by atoms with Gasteiger partial charge in [-0.1, -0.05) is 42.8 Å². The van der Waals surface area contributed by atoms with Crippen LogP contribution < -0.4 is 4.90 Å². The first-order chi connectivity index (χ1) is 16.7. The molecule has 1 aromatic rings. The van der Waals surface area contributed by atoms with E-state index in [0.717, 1.165) is 56.2 Å². The molecule has 4 aliphatic carbocycles. The molecule has 5 rings (SSSR count). The van der Waals surface area contributed by atoms with Crippen molar-refractivity contribution in [3.8, 4) is 0 Å². The number of ether oxygens (including phenoxy) is 1. The number of esters is 1. The highest BCUT2D eigenvalue weighted by atomic mass is 16.5. The number of rotatable bonds is 3. The van der Waals surface area contributed by atoms with Crippen LogP contribution in [0.5, 0.6) is 0 Å². The lowest BCUT2D eigenvalue weighted by atomic mass is 9.48. The van der Waals surface area contributed by atoms with Crippen molar-refractivity contribution >= 4 is 23.4 Å². The topological polar surface area (TPSA) is 62.1 Å². The van der Waals surface area contributed by atoms with Crippen molar-refractivity contribution in [1.82, 2.24) is 0 Å². The van der Waals surface area contributed by atoms with Gasteiger partial charge in [0.25, 0.3) is 0 Å². The van der Waals surface area contributed by atoms with Gasteiger partial charge in [-0.15, -0.1) is 0 Å². The van der Waals surface area contributed by atoms with Gasteiger partial charge < -0.3 is 14.8 Å². The third-order valence-electron chi connectivity index (χ3n) is 9.92. The summed E-state index contributed by atoms with van der Waals surface area (Å²) in [6, 6.07) is 8.59. The van der Waals surface area contributed by atoms with Gasteiger partial charge in [0.15, 0.2) is 0 Å². The van der Waals surface area contributed by atoms with Crippen LogP contribution in [0.15, 0.2) is 46.6 Å². The molecule has 0 aliphatic heterocycles. The minimum absolute atomic E-state index is 0.0326. The third-order valence-corrected chi connectivity index (χ3v) is 9.92. The smallest absolute Gasteiger partial charge is 0.302 e. The van der Waals surface area contributed by atoms with Crippen LogP contribution in [-0.2, 0) is 9.53 Å². The van der Waals surface area contributed by atoms with Crippen molar-refractivity contribution in [3.05, 3.63) is 47.1 Å². The third kappa shape index (κ3) is 4.01. The van der Waals surface area contributed by atoms with Crippen molar-refractivity contribution in [2.75, 3.05) is 19.0 Å². The van der Waals surface area contributed by atoms with Crippen LogP contribution in [0.2, 0.25) is 0 Å². The Kier molecular flexibility index (Phi) is 6.09. The van der Waals surface area contributed by atoms with E-state index in [0.29, 0.717) is 17.8 Å². The Morgan fingerprint density at radius 3 is 2.46 bits per heavy atom. The maximum Gasteiger partial charge on any atom is 0.302 e. The van der Waals surface area contributed by atoms with Crippen LogP contribution in [0.4, 0.5) is 5.69 Å². The molecule has 0 heterocycles. The first-order valence-corrected chi connectivity index (χ1v) is 13.2. The number of anilines is 1. The van der Waals surface area contributed by atoms with E-state index >= 15 is 0 Å². The maximum absolute atomic E-state index is 11.5. The molecular weight excluding hydrogens is 436 g/mol. The van der Waals surface area contributed by atoms with Gasteiger partial charge in [0, 0.05) is 38.5 Å². The van der Waals surface area contributed by atoms with E-state index < -0.39 is 0 Å². The van der Waals surface area contributed by atoms with Crippen LogP contribution in [0.25, 0.3) is 6.08 Å². The highest BCUT2D eigenvalue weighted by molar-refractivity contribution is 6.09. The van der Waals surface area contributed by atoms with E-state index in [-0.39, 0.29) is 22.9 Å². The molecule has 6 atom stereocenters. The molecule has 0 spiro atoms. The van der Waals surface area contributed by atoms with Gasteiger partial charge in [-0.3, -0.25) is 4.79 Å². The molecule has 35 heavy (non-hydrogen) atoms. The Morgan fingerprint density at radius 1 is 1.09 bits per heavy atom. The Balaban J connectivity index is 1.42. The minimum atomic E-state index is -0.168. The lowest BCUT2D eigenvalue weighted by molar-refractivity contribution is -0.148. The van der Waals surface area contributed by atoms with Gasteiger partial charge in [0.05, 0.1) is 5.71 Å². The number of carbonyl (C=O) groups excluding carboxylic acids is 1. The van der Waals surface area contributed by atoms with E-state index in [2.05, 4.69) is 74.4 Å². The normalized spacial score (nSPS) is 38.4. The highest BCUT2D eigenvalue weighted by Crippen LogP contribution is 2.65. The van der Waals surface area contributed by atoms with Crippen LogP contribution in [-0.4, -0.2) is 37.1 Å². The molecule has 5 nitrogen and oxygen atoms in total. The summed E-state index contributed by atoms with van der Waals surface area (Å²) in [5.41, 5.74) is 6.04. The van der Waals surface area contributed by atoms with Crippen molar-refractivity contribution in [1.29, 1.82) is 0 Å². The Morgan fingerprint density at radius 2 is 1.80 bits per heavy atom. The predicted molar refractivity (Wildman–Crippen MR) is 141 cm³/mol. The van der Waals surface area contributed by atoms with Crippen molar-refractivity contribution in [2.45, 2.75) is 71.8 Å². The summed E-state index contributed by atoms with van der Waals surface area (Å²) in [5.74, 6) is 1.54. The van der Waals surface area contributed by atoms with E-state index in [1.165, 1.54) is 23.8 Å². The number of hydrogen-bond donors (Lipinski definition) is 1. The largest absolute Gasteiger partial charge is 0.462 e. The fourth-order valence-electron chi connectivity index (χ4n) is 8.03. The lowest BCUT2D eigenvalue weighted by Crippen LogP contribution is -2.50. The molecule has 0 saturated heterocycles. The average molecular weight is 477 g/mol. The summed E-state index contributed by atoms with van der Waals surface area (Å²) < 4.78 is 5.59. The summed E-state index contributed by atoms with van der Waals surface area (Å²) in [7, 11) is 4.10. The molecule has 0 radical (unpaired) electrons. The van der Waals surface area contributed by atoms with Crippen molar-refractivity contribution in [3.63, 3.8) is 0 Å². The molecule has 0 aromatic heterocycles. The Bertz CT molecular complexity index is 1090. The fourth-order valence-corrected chi connectivity index (χ4v) is 8.03. The van der Waals surface area contributed by atoms with Gasteiger partial charge in [0.1, 0.15) is 6.10 Å². The molecule has 0 amide bonds. The molecular formula is C30H40N2O3.